The molecule has 0 radical (unpaired) electrons. The molecule has 2 aromatic rings. The number of nitrogens with zero attached hydrogens (tertiary/aromatic N) is 1. The number of oxazole rings is 1. The van der Waals surface area contributed by atoms with Gasteiger partial charge in [0, 0.05) is 12.0 Å². The van der Waals surface area contributed by atoms with E-state index < -0.39 is 17.6 Å². The summed E-state index contributed by atoms with van der Waals surface area (Å²) in [5.41, 5.74) is -0.976. The molecule has 1 heterocycles. The number of allylic oxidation sites excluding steroid dienone is 1. The summed E-state index contributed by atoms with van der Waals surface area (Å²) in [7, 11) is 0. The lowest BCUT2D eigenvalue weighted by Gasteiger charge is -2.07. The largest absolute Gasteiger partial charge is 0.513 e. The SMILES string of the molecule is C=C(O)Cc1coc(-c2cc(F)cc(C(F)(F)F)c2)n1.CCCC. The summed E-state index contributed by atoms with van der Waals surface area (Å²) >= 11 is 0. The number of halogens is 4. The van der Waals surface area contributed by atoms with E-state index in [1.807, 2.05) is 0 Å². The van der Waals surface area contributed by atoms with E-state index >= 15 is 0 Å². The van der Waals surface area contributed by atoms with Crippen LogP contribution in [0.25, 0.3) is 11.5 Å². The Hall–Kier alpha value is -2.31. The van der Waals surface area contributed by atoms with Crippen LogP contribution in [0.4, 0.5) is 17.6 Å². The number of unbranched alkanes of at least 4 members (excludes halogenated alkanes) is 1. The first-order valence-electron chi connectivity index (χ1n) is 7.36. The first-order chi connectivity index (χ1) is 11.2. The van der Waals surface area contributed by atoms with Gasteiger partial charge in [-0.15, -0.1) is 0 Å². The van der Waals surface area contributed by atoms with Crippen molar-refractivity contribution in [1.29, 1.82) is 0 Å². The van der Waals surface area contributed by atoms with Gasteiger partial charge in [0.05, 0.1) is 17.0 Å². The Bertz CT molecular complexity index is 675. The second-order valence-electron chi connectivity index (χ2n) is 5.11. The third-order valence-electron chi connectivity index (χ3n) is 2.91. The minimum Gasteiger partial charge on any atom is -0.513 e. The summed E-state index contributed by atoms with van der Waals surface area (Å²) in [5, 5.41) is 9.00. The van der Waals surface area contributed by atoms with Crippen LogP contribution in [0, 0.1) is 5.82 Å². The predicted molar refractivity (Wildman–Crippen MR) is 83.0 cm³/mol. The van der Waals surface area contributed by atoms with Crippen LogP contribution in [0.1, 0.15) is 37.9 Å². The smallest absolute Gasteiger partial charge is 0.416 e. The number of alkyl halides is 3. The van der Waals surface area contributed by atoms with Gasteiger partial charge in [0.15, 0.2) is 0 Å². The van der Waals surface area contributed by atoms with Crippen molar-refractivity contribution in [2.45, 2.75) is 39.3 Å². The van der Waals surface area contributed by atoms with E-state index in [1.54, 1.807) is 0 Å². The summed E-state index contributed by atoms with van der Waals surface area (Å²) < 4.78 is 55.9. The Kier molecular flexibility index (Phi) is 7.00. The lowest BCUT2D eigenvalue weighted by Crippen LogP contribution is -2.05. The molecule has 0 spiro atoms. The average Bonchev–Trinajstić information content (AvgIpc) is 2.93. The second-order valence-corrected chi connectivity index (χ2v) is 5.11. The number of aromatic nitrogens is 1. The second kappa shape index (κ2) is 8.52. The van der Waals surface area contributed by atoms with Crippen LogP contribution < -0.4 is 0 Å². The molecule has 0 saturated carbocycles. The molecule has 0 aliphatic carbocycles. The Morgan fingerprint density at radius 1 is 1.21 bits per heavy atom. The molecule has 1 aromatic carbocycles. The molecule has 0 atom stereocenters. The van der Waals surface area contributed by atoms with Crippen molar-refractivity contribution in [2.24, 2.45) is 0 Å². The summed E-state index contributed by atoms with van der Waals surface area (Å²) in [4.78, 5) is 3.86. The van der Waals surface area contributed by atoms with Crippen molar-refractivity contribution in [1.82, 2.24) is 4.98 Å². The molecule has 0 amide bonds. The first-order valence-corrected chi connectivity index (χ1v) is 7.36. The molecule has 24 heavy (non-hydrogen) atoms. The summed E-state index contributed by atoms with van der Waals surface area (Å²) in [6, 6.07) is 2.02. The summed E-state index contributed by atoms with van der Waals surface area (Å²) in [6.45, 7) is 7.62. The van der Waals surface area contributed by atoms with Gasteiger partial charge in [-0.1, -0.05) is 33.3 Å². The van der Waals surface area contributed by atoms with E-state index in [9.17, 15) is 17.6 Å². The molecule has 1 aromatic heterocycles. The number of hydrogen-bond acceptors (Lipinski definition) is 3. The van der Waals surface area contributed by atoms with Gasteiger partial charge in [-0.3, -0.25) is 0 Å². The minimum absolute atomic E-state index is 0.00490. The fourth-order valence-corrected chi connectivity index (χ4v) is 1.61. The van der Waals surface area contributed by atoms with Crippen molar-refractivity contribution in [3.05, 3.63) is 53.9 Å². The maximum Gasteiger partial charge on any atom is 0.416 e. The van der Waals surface area contributed by atoms with Crippen LogP contribution in [-0.2, 0) is 12.6 Å². The van der Waals surface area contributed by atoms with E-state index in [4.69, 9.17) is 9.52 Å². The molecular weight excluding hydrogens is 326 g/mol. The van der Waals surface area contributed by atoms with Gasteiger partial charge in [-0.25, -0.2) is 9.37 Å². The molecule has 0 aliphatic heterocycles. The molecule has 1 N–H and O–H groups in total. The Morgan fingerprint density at radius 2 is 1.83 bits per heavy atom. The minimum atomic E-state index is -4.66. The van der Waals surface area contributed by atoms with Crippen molar-refractivity contribution < 1.29 is 27.1 Å². The van der Waals surface area contributed by atoms with E-state index in [2.05, 4.69) is 25.4 Å². The number of aliphatic hydroxyl groups excluding tert-OH is 1. The monoisotopic (exact) mass is 345 g/mol. The fraction of sp³-hybridized carbons (Fsp3) is 0.353. The van der Waals surface area contributed by atoms with Gasteiger partial charge in [0.1, 0.15) is 12.1 Å². The molecule has 132 valence electrons. The quantitative estimate of drug-likeness (QED) is 0.552. The number of rotatable bonds is 4. The standard InChI is InChI=1S/C13H9F4NO2.C4H10/c1-7(19)2-11-6-20-12(18-11)8-3-9(13(15,16)17)5-10(14)4-8;1-3-4-2/h3-6,19H,1-2H2;3-4H2,1-2H3. The van der Waals surface area contributed by atoms with Crippen LogP contribution in [0.2, 0.25) is 0 Å². The van der Waals surface area contributed by atoms with Crippen LogP contribution in [0.5, 0.6) is 0 Å². The summed E-state index contributed by atoms with van der Waals surface area (Å²) in [6.07, 6.45) is -0.856. The molecule has 0 bridgehead atoms. The van der Waals surface area contributed by atoms with Gasteiger partial charge in [0.2, 0.25) is 5.89 Å². The maximum absolute atomic E-state index is 13.2. The van der Waals surface area contributed by atoms with E-state index in [-0.39, 0.29) is 29.3 Å². The van der Waals surface area contributed by atoms with Crippen LogP contribution >= 0.6 is 0 Å². The number of aliphatic hydroxyl groups is 1. The molecular formula is C17H19F4NO2. The zero-order valence-electron chi connectivity index (χ0n) is 13.5. The lowest BCUT2D eigenvalue weighted by atomic mass is 10.1. The molecule has 0 saturated heterocycles. The fourth-order valence-electron chi connectivity index (χ4n) is 1.61. The van der Waals surface area contributed by atoms with Crippen LogP contribution in [0.15, 0.2) is 41.2 Å². The Morgan fingerprint density at radius 3 is 2.33 bits per heavy atom. The van der Waals surface area contributed by atoms with Gasteiger partial charge in [-0.05, 0) is 18.2 Å². The van der Waals surface area contributed by atoms with E-state index in [0.717, 1.165) is 18.4 Å². The Balaban J connectivity index is 0.000000648. The van der Waals surface area contributed by atoms with E-state index in [1.165, 1.54) is 12.8 Å². The van der Waals surface area contributed by atoms with Crippen molar-refractivity contribution in [3.63, 3.8) is 0 Å². The molecule has 0 unspecified atom stereocenters. The third-order valence-corrected chi connectivity index (χ3v) is 2.91. The average molecular weight is 345 g/mol. The molecule has 2 rings (SSSR count). The highest BCUT2D eigenvalue weighted by atomic mass is 19.4. The maximum atomic E-state index is 13.2. The van der Waals surface area contributed by atoms with Crippen LogP contribution in [-0.4, -0.2) is 10.1 Å². The predicted octanol–water partition coefficient (Wildman–Crippen LogP) is 5.92. The van der Waals surface area contributed by atoms with Gasteiger partial charge >= 0.3 is 6.18 Å². The highest BCUT2D eigenvalue weighted by Gasteiger charge is 2.31. The Labute approximate surface area is 137 Å². The number of benzene rings is 1. The lowest BCUT2D eigenvalue weighted by molar-refractivity contribution is -0.137. The van der Waals surface area contributed by atoms with Gasteiger partial charge < -0.3 is 9.52 Å². The van der Waals surface area contributed by atoms with Crippen molar-refractivity contribution >= 4 is 0 Å². The van der Waals surface area contributed by atoms with E-state index in [0.29, 0.717) is 6.07 Å². The zero-order valence-corrected chi connectivity index (χ0v) is 13.5. The molecule has 7 heteroatoms. The first kappa shape index (κ1) is 19.7. The van der Waals surface area contributed by atoms with Crippen molar-refractivity contribution in [3.8, 4) is 11.5 Å². The summed E-state index contributed by atoms with van der Waals surface area (Å²) in [5.74, 6) is -1.37. The van der Waals surface area contributed by atoms with Crippen LogP contribution in [0.3, 0.4) is 0 Å². The topological polar surface area (TPSA) is 46.3 Å². The highest BCUT2D eigenvalue weighted by Crippen LogP contribution is 2.33. The third kappa shape index (κ3) is 6.06. The highest BCUT2D eigenvalue weighted by molar-refractivity contribution is 5.55. The zero-order chi connectivity index (χ0) is 18.3. The van der Waals surface area contributed by atoms with Crippen molar-refractivity contribution in [2.75, 3.05) is 0 Å². The van der Waals surface area contributed by atoms with Gasteiger partial charge in [-0.2, -0.15) is 13.2 Å². The molecule has 0 aliphatic rings. The normalized spacial score (nSPS) is 10.9. The van der Waals surface area contributed by atoms with Gasteiger partial charge in [0.25, 0.3) is 0 Å². The molecule has 0 fully saturated rings. The molecule has 3 nitrogen and oxygen atoms in total. The number of hydrogen-bond donors (Lipinski definition) is 1.